The molecule has 0 aromatic carbocycles. The van der Waals surface area contributed by atoms with Crippen molar-refractivity contribution in [1.82, 2.24) is 5.32 Å². The topological polar surface area (TPSA) is 44.6 Å². The first kappa shape index (κ1) is 12.1. The smallest absolute Gasteiger partial charge is 0.127 e. The van der Waals surface area contributed by atoms with Gasteiger partial charge in [-0.1, -0.05) is 31.2 Å². The van der Waals surface area contributed by atoms with Gasteiger partial charge in [0.05, 0.1) is 6.04 Å². The van der Waals surface area contributed by atoms with Gasteiger partial charge in [0.2, 0.25) is 0 Å². The summed E-state index contributed by atoms with van der Waals surface area (Å²) in [5.74, 6) is 0.385. The molecule has 0 radical (unpaired) electrons. The van der Waals surface area contributed by atoms with E-state index in [9.17, 15) is 5.11 Å². The van der Waals surface area contributed by atoms with E-state index in [2.05, 4.69) is 48.3 Å². The van der Waals surface area contributed by atoms with E-state index in [1.165, 1.54) is 0 Å². The van der Waals surface area contributed by atoms with Gasteiger partial charge in [-0.2, -0.15) is 0 Å². The minimum absolute atomic E-state index is 0.169. The highest BCUT2D eigenvalue weighted by Gasteiger charge is 2.19. The van der Waals surface area contributed by atoms with Gasteiger partial charge < -0.3 is 5.11 Å². The summed E-state index contributed by atoms with van der Waals surface area (Å²) < 4.78 is 0. The first-order chi connectivity index (χ1) is 7.15. The van der Waals surface area contributed by atoms with Gasteiger partial charge in [-0.15, -0.1) is 0 Å². The van der Waals surface area contributed by atoms with Crippen LogP contribution in [0, 0.1) is 5.92 Å². The normalized spacial score (nSPS) is 29.5. The molecule has 3 unspecified atom stereocenters. The van der Waals surface area contributed by atoms with Crippen LogP contribution in [0.25, 0.3) is 0 Å². The molecule has 0 amide bonds. The number of aliphatic imine (C=N–C) groups is 1. The predicted molar refractivity (Wildman–Crippen MR) is 64.0 cm³/mol. The molecule has 2 N–H and O–H groups in total. The lowest BCUT2D eigenvalue weighted by atomic mass is 10.0. The quantitative estimate of drug-likeness (QED) is 0.418. The average molecular weight is 208 g/mol. The number of hydrogen-bond donors (Lipinski definition) is 2. The third-order valence-corrected chi connectivity index (χ3v) is 2.73. The van der Waals surface area contributed by atoms with Gasteiger partial charge in [-0.3, -0.25) is 10.3 Å². The maximum absolute atomic E-state index is 9.78. The second-order valence-electron chi connectivity index (χ2n) is 4.01. The van der Waals surface area contributed by atoms with Gasteiger partial charge >= 0.3 is 0 Å². The molecule has 1 aliphatic rings. The van der Waals surface area contributed by atoms with Crippen LogP contribution in [0.5, 0.6) is 0 Å². The van der Waals surface area contributed by atoms with Gasteiger partial charge in [0.1, 0.15) is 6.23 Å². The number of aliphatic hydroxyl groups excluding tert-OH is 1. The fraction of sp³-hybridized carbons (Fsp3) is 0.583. The molecule has 0 bridgehead atoms. The Balaban J connectivity index is 2.55. The third kappa shape index (κ3) is 3.61. The zero-order valence-corrected chi connectivity index (χ0v) is 9.43. The van der Waals surface area contributed by atoms with E-state index in [1.54, 1.807) is 0 Å². The number of nitrogens with zero attached hydrogens (tertiary/aromatic N) is 1. The molecule has 0 fully saturated rings. The molecule has 4 atom stereocenters. The molecule has 0 aromatic rings. The van der Waals surface area contributed by atoms with Crippen molar-refractivity contribution in [3.05, 3.63) is 24.3 Å². The van der Waals surface area contributed by atoms with Crippen molar-refractivity contribution in [3.63, 3.8) is 0 Å². The minimum Gasteiger partial charge on any atom is -0.376 e. The van der Waals surface area contributed by atoms with Crippen LogP contribution in [0.1, 0.15) is 20.3 Å². The molecule has 1 aliphatic carbocycles. The van der Waals surface area contributed by atoms with Crippen molar-refractivity contribution < 1.29 is 5.11 Å². The molecule has 84 valence electrons. The Kier molecular flexibility index (Phi) is 4.72. The predicted octanol–water partition coefficient (Wildman–Crippen LogP) is 1.50. The average Bonchev–Trinajstić information content (AvgIpc) is 2.43. The lowest BCUT2D eigenvalue weighted by Gasteiger charge is -2.24. The molecule has 0 aromatic heterocycles. The molecule has 1 rings (SSSR count). The lowest BCUT2D eigenvalue weighted by molar-refractivity contribution is 0.103. The Labute approximate surface area is 91.6 Å². The van der Waals surface area contributed by atoms with E-state index >= 15 is 0 Å². The molecule has 15 heavy (non-hydrogen) atoms. The Hall–Kier alpha value is -0.930. The van der Waals surface area contributed by atoms with Crippen LogP contribution in [0.4, 0.5) is 0 Å². The molecule has 0 aliphatic heterocycles. The Bertz CT molecular complexity index is 260. The summed E-state index contributed by atoms with van der Waals surface area (Å²) in [4.78, 5) is 3.80. The van der Waals surface area contributed by atoms with Crippen LogP contribution in [0.3, 0.4) is 0 Å². The lowest BCUT2D eigenvalue weighted by Crippen LogP contribution is -2.45. The molecule has 0 heterocycles. The molecule has 3 heteroatoms. The van der Waals surface area contributed by atoms with E-state index < -0.39 is 6.23 Å². The second-order valence-corrected chi connectivity index (χ2v) is 4.01. The van der Waals surface area contributed by atoms with Crippen LogP contribution in [0.2, 0.25) is 0 Å². The maximum atomic E-state index is 9.78. The van der Waals surface area contributed by atoms with Crippen molar-refractivity contribution in [2.24, 2.45) is 10.9 Å². The number of allylic oxidation sites excluding steroid dienone is 2. The van der Waals surface area contributed by atoms with Gasteiger partial charge in [-0.05, 0) is 26.0 Å². The first-order valence-corrected chi connectivity index (χ1v) is 5.38. The van der Waals surface area contributed by atoms with Crippen LogP contribution in [-0.4, -0.2) is 30.1 Å². The van der Waals surface area contributed by atoms with Crippen molar-refractivity contribution >= 4 is 6.72 Å². The van der Waals surface area contributed by atoms with Gasteiger partial charge in [-0.25, -0.2) is 0 Å². The summed E-state index contributed by atoms with van der Waals surface area (Å²) in [6.45, 7) is 7.40. The number of nitrogens with one attached hydrogen (secondary N) is 1. The highest BCUT2D eigenvalue weighted by molar-refractivity contribution is 5.24. The number of aliphatic hydroxyl groups is 1. The van der Waals surface area contributed by atoms with E-state index in [4.69, 9.17) is 0 Å². The summed E-state index contributed by atoms with van der Waals surface area (Å²) >= 11 is 0. The standard InChI is InChI=1S/C12H20N2O/c1-9-7-5-4-6-8-11(9)14-12(15)10(2)13-3/h5-12,14-15H,3-4H2,1-2H3/t9-,10?,11?,12?/m0/s1. The van der Waals surface area contributed by atoms with E-state index in [0.29, 0.717) is 5.92 Å². The first-order valence-electron chi connectivity index (χ1n) is 5.38. The van der Waals surface area contributed by atoms with E-state index in [-0.39, 0.29) is 12.1 Å². The zero-order chi connectivity index (χ0) is 11.3. The molecule has 3 nitrogen and oxygen atoms in total. The van der Waals surface area contributed by atoms with Crippen LogP contribution < -0.4 is 5.32 Å². The monoisotopic (exact) mass is 208 g/mol. The highest BCUT2D eigenvalue weighted by atomic mass is 16.3. The SMILES string of the molecule is C=NC(C)C(O)NC1C=CCC=C[C@@H]1C. The van der Waals surface area contributed by atoms with Crippen molar-refractivity contribution in [2.75, 3.05) is 0 Å². The fourth-order valence-electron chi connectivity index (χ4n) is 1.54. The highest BCUT2D eigenvalue weighted by Crippen LogP contribution is 2.12. The Morgan fingerprint density at radius 1 is 1.47 bits per heavy atom. The summed E-state index contributed by atoms with van der Waals surface area (Å²) in [7, 11) is 0. The van der Waals surface area contributed by atoms with Gasteiger partial charge in [0.25, 0.3) is 0 Å². The Morgan fingerprint density at radius 3 is 2.80 bits per heavy atom. The molecular formula is C12H20N2O. The van der Waals surface area contributed by atoms with Crippen LogP contribution in [0.15, 0.2) is 29.3 Å². The summed E-state index contributed by atoms with van der Waals surface area (Å²) in [6.07, 6.45) is 8.85. The largest absolute Gasteiger partial charge is 0.376 e. The van der Waals surface area contributed by atoms with Crippen molar-refractivity contribution in [3.8, 4) is 0 Å². The van der Waals surface area contributed by atoms with Crippen LogP contribution >= 0.6 is 0 Å². The third-order valence-electron chi connectivity index (χ3n) is 2.73. The van der Waals surface area contributed by atoms with Gasteiger partial charge in [0.15, 0.2) is 0 Å². The summed E-state index contributed by atoms with van der Waals surface area (Å²) in [6, 6.07) is -0.0132. The van der Waals surface area contributed by atoms with E-state index in [0.717, 1.165) is 6.42 Å². The minimum atomic E-state index is -0.633. The molecule has 0 spiro atoms. The van der Waals surface area contributed by atoms with Crippen molar-refractivity contribution in [1.29, 1.82) is 0 Å². The Morgan fingerprint density at radius 2 is 2.13 bits per heavy atom. The maximum Gasteiger partial charge on any atom is 0.127 e. The number of rotatable bonds is 4. The molecule has 0 saturated carbocycles. The van der Waals surface area contributed by atoms with Crippen LogP contribution in [-0.2, 0) is 0 Å². The fourth-order valence-corrected chi connectivity index (χ4v) is 1.54. The number of hydrogen-bond acceptors (Lipinski definition) is 3. The van der Waals surface area contributed by atoms with E-state index in [1.807, 2.05) is 6.92 Å². The molecular weight excluding hydrogens is 188 g/mol. The second kappa shape index (κ2) is 5.83. The summed E-state index contributed by atoms with van der Waals surface area (Å²) in [5.41, 5.74) is 0. The molecule has 0 saturated heterocycles. The zero-order valence-electron chi connectivity index (χ0n) is 9.43. The summed E-state index contributed by atoms with van der Waals surface area (Å²) in [5, 5.41) is 12.9. The van der Waals surface area contributed by atoms with Gasteiger partial charge in [0, 0.05) is 6.04 Å². The van der Waals surface area contributed by atoms with Crippen molar-refractivity contribution in [2.45, 2.75) is 38.6 Å².